The van der Waals surface area contributed by atoms with Gasteiger partial charge in [0.2, 0.25) is 0 Å². The van der Waals surface area contributed by atoms with Crippen molar-refractivity contribution in [3.8, 4) is 5.75 Å². The number of aryl methyl sites for hydroxylation is 1. The summed E-state index contributed by atoms with van der Waals surface area (Å²) in [5.41, 5.74) is 2.80. The molecule has 0 aromatic heterocycles. The fraction of sp³-hybridized carbons (Fsp3) is 0.158. The van der Waals surface area contributed by atoms with Crippen molar-refractivity contribution in [1.82, 2.24) is 0 Å². The quantitative estimate of drug-likeness (QED) is 0.776. The lowest BCUT2D eigenvalue weighted by Crippen LogP contribution is -2.03. The Bertz CT molecular complexity index is 772. The fourth-order valence-electron chi connectivity index (χ4n) is 2.70. The van der Waals surface area contributed by atoms with Crippen LogP contribution in [-0.2, 0) is 0 Å². The molecule has 106 valence electrons. The molecule has 0 aliphatic carbocycles. The molecule has 0 amide bonds. The maximum absolute atomic E-state index is 10.8. The van der Waals surface area contributed by atoms with Crippen molar-refractivity contribution < 1.29 is 9.84 Å². The molecule has 0 saturated carbocycles. The van der Waals surface area contributed by atoms with E-state index in [4.69, 9.17) is 4.74 Å². The van der Waals surface area contributed by atoms with E-state index in [1.807, 2.05) is 55.5 Å². The summed E-state index contributed by atoms with van der Waals surface area (Å²) in [6.07, 6.45) is -0.702. The van der Waals surface area contributed by atoms with Crippen molar-refractivity contribution in [2.24, 2.45) is 0 Å². The average molecular weight is 278 g/mol. The number of aliphatic hydroxyl groups excluding tert-OH is 1. The van der Waals surface area contributed by atoms with E-state index in [1.165, 1.54) is 0 Å². The molecule has 3 aromatic rings. The van der Waals surface area contributed by atoms with Crippen molar-refractivity contribution in [2.75, 3.05) is 7.11 Å². The second-order valence-corrected chi connectivity index (χ2v) is 5.22. The zero-order valence-electron chi connectivity index (χ0n) is 12.2. The molecular weight excluding hydrogens is 260 g/mol. The predicted octanol–water partition coefficient (Wildman–Crippen LogP) is 4.24. The maximum atomic E-state index is 10.8. The molecule has 0 saturated heterocycles. The lowest BCUT2D eigenvalue weighted by Gasteiger charge is -2.17. The monoisotopic (exact) mass is 278 g/mol. The Morgan fingerprint density at radius 2 is 1.67 bits per heavy atom. The topological polar surface area (TPSA) is 29.5 Å². The first kappa shape index (κ1) is 13.7. The van der Waals surface area contributed by atoms with Crippen LogP contribution in [0.2, 0.25) is 0 Å². The Hall–Kier alpha value is -2.32. The second kappa shape index (κ2) is 5.58. The average Bonchev–Trinajstić information content (AvgIpc) is 2.53. The molecule has 1 unspecified atom stereocenters. The lowest BCUT2D eigenvalue weighted by molar-refractivity contribution is 0.216. The van der Waals surface area contributed by atoms with Gasteiger partial charge in [0.05, 0.1) is 7.11 Å². The number of benzene rings is 3. The second-order valence-electron chi connectivity index (χ2n) is 5.22. The van der Waals surface area contributed by atoms with Crippen LogP contribution in [0.1, 0.15) is 22.8 Å². The first-order valence-corrected chi connectivity index (χ1v) is 7.01. The van der Waals surface area contributed by atoms with E-state index in [0.29, 0.717) is 0 Å². The molecule has 0 heterocycles. The highest BCUT2D eigenvalue weighted by molar-refractivity contribution is 5.86. The van der Waals surface area contributed by atoms with Crippen molar-refractivity contribution >= 4 is 10.8 Å². The molecule has 3 aromatic carbocycles. The van der Waals surface area contributed by atoms with Gasteiger partial charge in [0.1, 0.15) is 11.9 Å². The van der Waals surface area contributed by atoms with E-state index >= 15 is 0 Å². The van der Waals surface area contributed by atoms with Gasteiger partial charge in [0.25, 0.3) is 0 Å². The zero-order chi connectivity index (χ0) is 14.8. The SMILES string of the molecule is COc1cc(C)ccc1C(O)c1cccc2ccccc12. The van der Waals surface area contributed by atoms with Gasteiger partial charge in [-0.25, -0.2) is 0 Å². The highest BCUT2D eigenvalue weighted by atomic mass is 16.5. The molecule has 2 nitrogen and oxygen atoms in total. The van der Waals surface area contributed by atoms with Crippen LogP contribution in [-0.4, -0.2) is 12.2 Å². The minimum Gasteiger partial charge on any atom is -0.496 e. The third-order valence-corrected chi connectivity index (χ3v) is 3.80. The number of ether oxygens (including phenoxy) is 1. The lowest BCUT2D eigenvalue weighted by atomic mass is 9.95. The Morgan fingerprint density at radius 3 is 2.48 bits per heavy atom. The van der Waals surface area contributed by atoms with E-state index in [-0.39, 0.29) is 0 Å². The van der Waals surface area contributed by atoms with E-state index in [2.05, 4.69) is 12.1 Å². The normalized spacial score (nSPS) is 12.3. The molecule has 3 rings (SSSR count). The number of hydrogen-bond acceptors (Lipinski definition) is 2. The van der Waals surface area contributed by atoms with Gasteiger partial charge in [-0.1, -0.05) is 54.6 Å². The van der Waals surface area contributed by atoms with Gasteiger partial charge < -0.3 is 9.84 Å². The minimum absolute atomic E-state index is 0.702. The maximum Gasteiger partial charge on any atom is 0.125 e. The first-order chi connectivity index (χ1) is 10.2. The summed E-state index contributed by atoms with van der Waals surface area (Å²) in [5.74, 6) is 0.718. The van der Waals surface area contributed by atoms with Crippen LogP contribution in [0.4, 0.5) is 0 Å². The van der Waals surface area contributed by atoms with Gasteiger partial charge in [-0.2, -0.15) is 0 Å². The molecule has 0 fully saturated rings. The number of hydrogen-bond donors (Lipinski definition) is 1. The summed E-state index contributed by atoms with van der Waals surface area (Å²) in [7, 11) is 1.63. The van der Waals surface area contributed by atoms with Gasteiger partial charge in [0, 0.05) is 5.56 Å². The molecule has 0 aliphatic heterocycles. The van der Waals surface area contributed by atoms with Crippen LogP contribution in [0.15, 0.2) is 60.7 Å². The van der Waals surface area contributed by atoms with Gasteiger partial charge in [-0.05, 0) is 34.9 Å². The van der Waals surface area contributed by atoms with Crippen LogP contribution < -0.4 is 4.74 Å². The molecular formula is C19H18O2. The van der Waals surface area contributed by atoms with Gasteiger partial charge >= 0.3 is 0 Å². The Labute approximate surface area is 124 Å². The van der Waals surface area contributed by atoms with E-state index in [1.54, 1.807) is 7.11 Å². The molecule has 0 spiro atoms. The Balaban J connectivity index is 2.15. The highest BCUT2D eigenvalue weighted by Crippen LogP contribution is 2.34. The largest absolute Gasteiger partial charge is 0.496 e. The van der Waals surface area contributed by atoms with Gasteiger partial charge in [-0.3, -0.25) is 0 Å². The van der Waals surface area contributed by atoms with Crippen LogP contribution >= 0.6 is 0 Å². The van der Waals surface area contributed by atoms with E-state index in [0.717, 1.165) is 33.2 Å². The van der Waals surface area contributed by atoms with E-state index < -0.39 is 6.10 Å². The number of fused-ring (bicyclic) bond motifs is 1. The number of methoxy groups -OCH3 is 1. The first-order valence-electron chi connectivity index (χ1n) is 7.01. The highest BCUT2D eigenvalue weighted by Gasteiger charge is 2.17. The van der Waals surface area contributed by atoms with Crippen LogP contribution in [0, 0.1) is 6.92 Å². The van der Waals surface area contributed by atoms with Crippen molar-refractivity contribution in [2.45, 2.75) is 13.0 Å². The molecule has 1 atom stereocenters. The third-order valence-electron chi connectivity index (χ3n) is 3.80. The molecule has 2 heteroatoms. The van der Waals surface area contributed by atoms with Gasteiger partial charge in [-0.15, -0.1) is 0 Å². The standard InChI is InChI=1S/C19H18O2/c1-13-10-11-17(18(12-13)21-2)19(20)16-9-5-7-14-6-3-4-8-15(14)16/h3-12,19-20H,1-2H3. The molecule has 0 radical (unpaired) electrons. The molecule has 21 heavy (non-hydrogen) atoms. The van der Waals surface area contributed by atoms with E-state index in [9.17, 15) is 5.11 Å². The molecule has 0 bridgehead atoms. The summed E-state index contributed by atoms with van der Waals surface area (Å²) >= 11 is 0. The van der Waals surface area contributed by atoms with Crippen LogP contribution in [0.5, 0.6) is 5.75 Å². The third kappa shape index (κ3) is 2.50. The zero-order valence-corrected chi connectivity index (χ0v) is 12.2. The van der Waals surface area contributed by atoms with Gasteiger partial charge in [0.15, 0.2) is 0 Å². The Morgan fingerprint density at radius 1 is 0.905 bits per heavy atom. The summed E-state index contributed by atoms with van der Waals surface area (Å²) in [5, 5.41) is 13.0. The van der Waals surface area contributed by atoms with Crippen molar-refractivity contribution in [3.63, 3.8) is 0 Å². The smallest absolute Gasteiger partial charge is 0.125 e. The minimum atomic E-state index is -0.702. The summed E-state index contributed by atoms with van der Waals surface area (Å²) < 4.78 is 5.42. The number of aliphatic hydroxyl groups is 1. The van der Waals surface area contributed by atoms with Crippen molar-refractivity contribution in [1.29, 1.82) is 0 Å². The molecule has 1 N–H and O–H groups in total. The van der Waals surface area contributed by atoms with Crippen LogP contribution in [0.3, 0.4) is 0 Å². The summed E-state index contributed by atoms with van der Waals surface area (Å²) in [4.78, 5) is 0. The number of rotatable bonds is 3. The van der Waals surface area contributed by atoms with Crippen molar-refractivity contribution in [3.05, 3.63) is 77.4 Å². The molecule has 0 aliphatic rings. The summed E-state index contributed by atoms with van der Waals surface area (Å²) in [6, 6.07) is 19.9. The fourth-order valence-corrected chi connectivity index (χ4v) is 2.70. The Kier molecular flexibility index (Phi) is 3.63. The van der Waals surface area contributed by atoms with Crippen LogP contribution in [0.25, 0.3) is 10.8 Å². The predicted molar refractivity (Wildman–Crippen MR) is 85.7 cm³/mol. The summed E-state index contributed by atoms with van der Waals surface area (Å²) in [6.45, 7) is 2.01.